The molecule has 0 spiro atoms. The van der Waals surface area contributed by atoms with Gasteiger partial charge in [0.2, 0.25) is 0 Å². The molecule has 2 rings (SSSR count). The first-order valence-corrected chi connectivity index (χ1v) is 6.37. The number of phenolic OH excluding ortho intramolecular Hbond substituents is 2. The molecule has 0 atom stereocenters. The smallest absolute Gasteiger partial charge is 0.285 e. The number of benzene rings is 1. The van der Waals surface area contributed by atoms with Crippen LogP contribution in [0.5, 0.6) is 11.5 Å². The molecule has 18 heavy (non-hydrogen) atoms. The SMILES string of the molecule is CSn1c(=O)c2c(Cl)c(O)c(O)cc2c(=O)n1C. The number of aromatic nitrogens is 2. The number of hydrogen-bond acceptors (Lipinski definition) is 5. The van der Waals surface area contributed by atoms with Crippen molar-refractivity contribution in [3.8, 4) is 11.5 Å². The van der Waals surface area contributed by atoms with Gasteiger partial charge in [-0.25, -0.2) is 4.68 Å². The summed E-state index contributed by atoms with van der Waals surface area (Å²) in [6, 6.07) is 1.03. The van der Waals surface area contributed by atoms with Crippen molar-refractivity contribution in [2.24, 2.45) is 7.05 Å². The van der Waals surface area contributed by atoms with E-state index in [9.17, 15) is 19.8 Å². The fourth-order valence-corrected chi connectivity index (χ4v) is 2.55. The molecule has 0 amide bonds. The Hall–Kier alpha value is -1.60. The fourth-order valence-electron chi connectivity index (χ4n) is 1.70. The topological polar surface area (TPSA) is 84.5 Å². The van der Waals surface area contributed by atoms with E-state index in [0.717, 1.165) is 26.8 Å². The number of hydrogen-bond donors (Lipinski definition) is 2. The molecule has 0 bridgehead atoms. The summed E-state index contributed by atoms with van der Waals surface area (Å²) in [6.45, 7) is 0. The van der Waals surface area contributed by atoms with E-state index < -0.39 is 22.6 Å². The zero-order valence-electron chi connectivity index (χ0n) is 9.47. The molecule has 1 heterocycles. The van der Waals surface area contributed by atoms with Crippen molar-refractivity contribution in [2.45, 2.75) is 0 Å². The highest BCUT2D eigenvalue weighted by atomic mass is 35.5. The molecule has 0 aliphatic carbocycles. The summed E-state index contributed by atoms with van der Waals surface area (Å²) in [7, 11) is 1.43. The molecule has 1 aromatic carbocycles. The van der Waals surface area contributed by atoms with Gasteiger partial charge < -0.3 is 10.2 Å². The highest BCUT2D eigenvalue weighted by molar-refractivity contribution is 7.97. The van der Waals surface area contributed by atoms with E-state index in [1.807, 2.05) is 0 Å². The molecule has 0 saturated heterocycles. The monoisotopic (exact) mass is 288 g/mol. The van der Waals surface area contributed by atoms with Crippen molar-refractivity contribution in [3.63, 3.8) is 0 Å². The fraction of sp³-hybridized carbons (Fsp3) is 0.200. The van der Waals surface area contributed by atoms with Crippen LogP contribution in [0.2, 0.25) is 5.02 Å². The first kappa shape index (κ1) is 12.8. The third-order valence-electron chi connectivity index (χ3n) is 2.58. The van der Waals surface area contributed by atoms with Crippen molar-refractivity contribution in [1.29, 1.82) is 0 Å². The van der Waals surface area contributed by atoms with Gasteiger partial charge in [0.15, 0.2) is 11.5 Å². The van der Waals surface area contributed by atoms with E-state index in [2.05, 4.69) is 0 Å². The zero-order valence-corrected chi connectivity index (χ0v) is 11.0. The van der Waals surface area contributed by atoms with Crippen molar-refractivity contribution < 1.29 is 10.2 Å². The number of nitrogens with zero attached hydrogens (tertiary/aromatic N) is 2. The van der Waals surface area contributed by atoms with Crippen LogP contribution in [0.15, 0.2) is 15.7 Å². The Morgan fingerprint density at radius 2 is 1.89 bits per heavy atom. The van der Waals surface area contributed by atoms with Crippen LogP contribution in [-0.4, -0.2) is 25.2 Å². The number of aromatic hydroxyl groups is 2. The Labute approximate surface area is 110 Å². The van der Waals surface area contributed by atoms with E-state index in [1.54, 1.807) is 6.26 Å². The average Bonchev–Trinajstić information content (AvgIpc) is 2.33. The summed E-state index contributed by atoms with van der Waals surface area (Å²) in [5, 5.41) is 18.5. The van der Waals surface area contributed by atoms with Crippen LogP contribution >= 0.6 is 23.5 Å². The second kappa shape index (κ2) is 4.25. The van der Waals surface area contributed by atoms with E-state index in [1.165, 1.54) is 7.05 Å². The van der Waals surface area contributed by atoms with Gasteiger partial charge in [-0.3, -0.25) is 9.59 Å². The number of halogens is 1. The average molecular weight is 289 g/mol. The van der Waals surface area contributed by atoms with Gasteiger partial charge in [-0.1, -0.05) is 11.6 Å². The molecular weight excluding hydrogens is 280 g/mol. The van der Waals surface area contributed by atoms with Crippen molar-refractivity contribution in [2.75, 3.05) is 6.26 Å². The minimum Gasteiger partial charge on any atom is -0.504 e. The van der Waals surface area contributed by atoms with Crippen LogP contribution in [0.4, 0.5) is 0 Å². The highest BCUT2D eigenvalue weighted by Gasteiger charge is 2.18. The van der Waals surface area contributed by atoms with E-state index in [4.69, 9.17) is 11.6 Å². The summed E-state index contributed by atoms with van der Waals surface area (Å²) >= 11 is 6.84. The summed E-state index contributed by atoms with van der Waals surface area (Å²) in [5.41, 5.74) is -1.02. The van der Waals surface area contributed by atoms with Crippen LogP contribution in [0.1, 0.15) is 0 Å². The normalized spacial score (nSPS) is 11.1. The largest absolute Gasteiger partial charge is 0.504 e. The molecule has 0 fully saturated rings. The number of phenols is 2. The van der Waals surface area contributed by atoms with Crippen molar-refractivity contribution in [3.05, 3.63) is 31.8 Å². The van der Waals surface area contributed by atoms with Crippen LogP contribution < -0.4 is 11.1 Å². The number of rotatable bonds is 1. The Morgan fingerprint density at radius 3 is 2.44 bits per heavy atom. The molecule has 8 heteroatoms. The van der Waals surface area contributed by atoms with Gasteiger partial charge in [-0.2, -0.15) is 4.09 Å². The quantitative estimate of drug-likeness (QED) is 0.761. The van der Waals surface area contributed by atoms with E-state index in [0.29, 0.717) is 0 Å². The lowest BCUT2D eigenvalue weighted by atomic mass is 10.1. The van der Waals surface area contributed by atoms with Crippen LogP contribution in [-0.2, 0) is 7.05 Å². The minimum absolute atomic E-state index is 0.0342. The maximum atomic E-state index is 12.1. The Bertz CT molecular complexity index is 765. The predicted octanol–water partition coefficient (Wildman–Crippen LogP) is 0.891. The lowest BCUT2D eigenvalue weighted by molar-refractivity contribution is 0.405. The standard InChI is InChI=1S/C10H9ClN2O4S/c1-12-9(16)4-3-5(14)8(15)7(11)6(4)10(17)13(12)18-2/h3,14-15H,1-2H3. The van der Waals surface area contributed by atoms with Crippen molar-refractivity contribution in [1.82, 2.24) is 8.77 Å². The summed E-state index contributed by atoms with van der Waals surface area (Å²) in [5.74, 6) is -1.15. The van der Waals surface area contributed by atoms with Gasteiger partial charge in [-0.15, -0.1) is 0 Å². The molecule has 2 N–H and O–H groups in total. The first-order chi connectivity index (χ1) is 8.40. The predicted molar refractivity (Wildman–Crippen MR) is 70.7 cm³/mol. The molecule has 6 nitrogen and oxygen atoms in total. The second-order valence-corrected chi connectivity index (χ2v) is 4.66. The summed E-state index contributed by atoms with van der Waals surface area (Å²) < 4.78 is 2.23. The molecule has 0 aliphatic rings. The zero-order chi connectivity index (χ0) is 13.6. The number of fused-ring (bicyclic) bond motifs is 1. The lowest BCUT2D eigenvalue weighted by Crippen LogP contribution is -2.34. The van der Waals surface area contributed by atoms with Crippen LogP contribution in [0.25, 0.3) is 10.8 Å². The Morgan fingerprint density at radius 1 is 1.28 bits per heavy atom. The maximum Gasteiger partial charge on any atom is 0.285 e. The molecule has 0 saturated carbocycles. The molecule has 0 aliphatic heterocycles. The Balaban J connectivity index is 3.20. The van der Waals surface area contributed by atoms with Crippen LogP contribution in [0.3, 0.4) is 0 Å². The molecule has 96 valence electrons. The van der Waals surface area contributed by atoms with Gasteiger partial charge in [0.1, 0.15) is 0 Å². The summed E-state index contributed by atoms with van der Waals surface area (Å²) in [6.07, 6.45) is 1.63. The molecular formula is C10H9ClN2O4S. The third kappa shape index (κ3) is 1.58. The lowest BCUT2D eigenvalue weighted by Gasteiger charge is -2.11. The van der Waals surface area contributed by atoms with Gasteiger partial charge in [0.05, 0.1) is 15.8 Å². The highest BCUT2D eigenvalue weighted by Crippen LogP contribution is 2.36. The molecule has 0 unspecified atom stereocenters. The summed E-state index contributed by atoms with van der Waals surface area (Å²) in [4.78, 5) is 24.1. The second-order valence-electron chi connectivity index (χ2n) is 3.57. The first-order valence-electron chi connectivity index (χ1n) is 4.81. The molecule has 2 aromatic rings. The minimum atomic E-state index is -0.609. The van der Waals surface area contributed by atoms with Gasteiger partial charge in [-0.05, 0) is 18.0 Å². The van der Waals surface area contributed by atoms with E-state index >= 15 is 0 Å². The van der Waals surface area contributed by atoms with Gasteiger partial charge in [0, 0.05) is 13.3 Å². The Kier molecular flexibility index (Phi) is 3.04. The van der Waals surface area contributed by atoms with Gasteiger partial charge >= 0.3 is 0 Å². The van der Waals surface area contributed by atoms with Crippen LogP contribution in [0, 0.1) is 0 Å². The van der Waals surface area contributed by atoms with Crippen molar-refractivity contribution >= 4 is 34.3 Å². The third-order valence-corrected chi connectivity index (χ3v) is 3.70. The maximum absolute atomic E-state index is 12.1. The van der Waals surface area contributed by atoms with E-state index in [-0.39, 0.29) is 15.8 Å². The molecule has 1 aromatic heterocycles. The van der Waals surface area contributed by atoms with Gasteiger partial charge in [0.25, 0.3) is 11.1 Å². The molecule has 0 radical (unpaired) electrons.